The maximum absolute atomic E-state index is 11.9. The van der Waals surface area contributed by atoms with E-state index in [1.54, 1.807) is 13.8 Å². The van der Waals surface area contributed by atoms with Gasteiger partial charge in [0, 0.05) is 5.54 Å². The number of aromatic carboxylic acids is 1. The third-order valence-corrected chi connectivity index (χ3v) is 3.30. The number of carboxylic acid groups (broad SMARTS) is 1. The number of hydrogen-bond acceptors (Lipinski definition) is 5. The maximum Gasteiger partial charge on any atom is 0.347 e. The highest BCUT2D eigenvalue weighted by Crippen LogP contribution is 2.23. The molecule has 6 nitrogen and oxygen atoms in total. The van der Waals surface area contributed by atoms with Crippen molar-refractivity contribution < 1.29 is 14.7 Å². The van der Waals surface area contributed by atoms with Gasteiger partial charge in [0.05, 0.1) is 5.69 Å². The minimum Gasteiger partial charge on any atom is -0.477 e. The molecular formula is C12H19N3O3S. The zero-order valence-corrected chi connectivity index (χ0v) is 12.5. The Morgan fingerprint density at radius 1 is 1.37 bits per heavy atom. The van der Waals surface area contributed by atoms with E-state index < -0.39 is 12.0 Å². The average Bonchev–Trinajstić information content (AvgIpc) is 2.56. The van der Waals surface area contributed by atoms with Crippen LogP contribution in [0.2, 0.25) is 0 Å². The maximum atomic E-state index is 11.9. The summed E-state index contributed by atoms with van der Waals surface area (Å²) >= 11 is 1.03. The molecule has 0 radical (unpaired) electrons. The molecule has 0 saturated carbocycles. The molecule has 106 valence electrons. The topological polar surface area (TPSA) is 91.3 Å². The molecule has 1 rings (SSSR count). The Morgan fingerprint density at radius 2 is 1.95 bits per heavy atom. The average molecular weight is 285 g/mol. The summed E-state index contributed by atoms with van der Waals surface area (Å²) in [6, 6.07) is -0.480. The fourth-order valence-electron chi connectivity index (χ4n) is 1.39. The molecule has 0 fully saturated rings. The SMILES string of the molecule is Cc1nc(NC(C)C(=O)NC(C)(C)C)sc1C(=O)O. The van der Waals surface area contributed by atoms with Crippen LogP contribution in [-0.2, 0) is 4.79 Å². The highest BCUT2D eigenvalue weighted by molar-refractivity contribution is 7.17. The Kier molecular flexibility index (Phi) is 4.52. The number of carbonyl (C=O) groups is 2. The van der Waals surface area contributed by atoms with Crippen molar-refractivity contribution in [1.29, 1.82) is 0 Å². The van der Waals surface area contributed by atoms with Crippen LogP contribution in [0, 0.1) is 6.92 Å². The largest absolute Gasteiger partial charge is 0.477 e. The summed E-state index contributed by atoms with van der Waals surface area (Å²) in [6.07, 6.45) is 0. The van der Waals surface area contributed by atoms with Crippen molar-refractivity contribution in [1.82, 2.24) is 10.3 Å². The molecule has 1 amide bonds. The number of nitrogens with one attached hydrogen (secondary N) is 2. The van der Waals surface area contributed by atoms with Gasteiger partial charge in [0.1, 0.15) is 10.9 Å². The fraction of sp³-hybridized carbons (Fsp3) is 0.583. The molecule has 19 heavy (non-hydrogen) atoms. The fourth-order valence-corrected chi connectivity index (χ4v) is 2.28. The second-order valence-corrected chi connectivity index (χ2v) is 6.34. The van der Waals surface area contributed by atoms with E-state index in [0.29, 0.717) is 10.8 Å². The van der Waals surface area contributed by atoms with Crippen LogP contribution in [0.5, 0.6) is 0 Å². The summed E-state index contributed by atoms with van der Waals surface area (Å²) in [7, 11) is 0. The van der Waals surface area contributed by atoms with E-state index in [9.17, 15) is 9.59 Å². The van der Waals surface area contributed by atoms with Crippen LogP contribution in [0.3, 0.4) is 0 Å². The number of carbonyl (C=O) groups excluding carboxylic acids is 1. The molecule has 1 atom stereocenters. The first-order chi connectivity index (χ1) is 8.60. The van der Waals surface area contributed by atoms with Crippen molar-refractivity contribution in [3.8, 4) is 0 Å². The van der Waals surface area contributed by atoms with Gasteiger partial charge in [-0.2, -0.15) is 0 Å². The Bertz CT molecular complexity index is 491. The number of hydrogen-bond donors (Lipinski definition) is 3. The van der Waals surface area contributed by atoms with Gasteiger partial charge in [-0.15, -0.1) is 0 Å². The summed E-state index contributed by atoms with van der Waals surface area (Å²) < 4.78 is 0. The van der Waals surface area contributed by atoms with E-state index in [1.165, 1.54) is 0 Å². The number of anilines is 1. The van der Waals surface area contributed by atoms with Crippen LogP contribution in [0.1, 0.15) is 43.1 Å². The van der Waals surface area contributed by atoms with Gasteiger partial charge in [0.25, 0.3) is 0 Å². The molecule has 3 N–H and O–H groups in total. The Balaban J connectivity index is 2.72. The van der Waals surface area contributed by atoms with Crippen LogP contribution in [0.4, 0.5) is 5.13 Å². The highest BCUT2D eigenvalue weighted by Gasteiger charge is 2.21. The van der Waals surface area contributed by atoms with Crippen molar-refractivity contribution in [2.24, 2.45) is 0 Å². The van der Waals surface area contributed by atoms with Crippen molar-refractivity contribution in [2.45, 2.75) is 46.2 Å². The first kappa shape index (κ1) is 15.4. The molecule has 0 aliphatic carbocycles. The van der Waals surface area contributed by atoms with Crippen molar-refractivity contribution in [3.63, 3.8) is 0 Å². The smallest absolute Gasteiger partial charge is 0.347 e. The zero-order chi connectivity index (χ0) is 14.8. The number of nitrogens with zero attached hydrogens (tertiary/aromatic N) is 1. The predicted molar refractivity (Wildman–Crippen MR) is 74.8 cm³/mol. The minimum absolute atomic E-state index is 0.155. The predicted octanol–water partition coefficient (Wildman–Crippen LogP) is 1.86. The first-order valence-corrected chi connectivity index (χ1v) is 6.71. The third kappa shape index (κ3) is 4.51. The number of amides is 1. The summed E-state index contributed by atoms with van der Waals surface area (Å²) in [5, 5.41) is 15.1. The second kappa shape index (κ2) is 5.56. The monoisotopic (exact) mass is 285 g/mol. The van der Waals surface area contributed by atoms with Crippen molar-refractivity contribution in [3.05, 3.63) is 10.6 Å². The van der Waals surface area contributed by atoms with E-state index in [2.05, 4.69) is 15.6 Å². The number of carboxylic acids is 1. The third-order valence-electron chi connectivity index (χ3n) is 2.22. The quantitative estimate of drug-likeness (QED) is 0.785. The lowest BCUT2D eigenvalue weighted by molar-refractivity contribution is -0.122. The minimum atomic E-state index is -1.00. The van der Waals surface area contributed by atoms with Gasteiger partial charge in [-0.25, -0.2) is 9.78 Å². The van der Waals surface area contributed by atoms with Gasteiger partial charge in [0.2, 0.25) is 5.91 Å². The lowest BCUT2D eigenvalue weighted by Gasteiger charge is -2.23. The number of aromatic nitrogens is 1. The lowest BCUT2D eigenvalue weighted by atomic mass is 10.1. The molecular weight excluding hydrogens is 266 g/mol. The molecule has 0 spiro atoms. The summed E-state index contributed by atoms with van der Waals surface area (Å²) in [5.41, 5.74) is 0.140. The summed E-state index contributed by atoms with van der Waals surface area (Å²) in [6.45, 7) is 9.03. The van der Waals surface area contributed by atoms with Gasteiger partial charge in [-0.1, -0.05) is 11.3 Å². The Labute approximate surface area is 116 Å². The van der Waals surface area contributed by atoms with E-state index in [0.717, 1.165) is 11.3 Å². The molecule has 1 heterocycles. The number of thiazole rings is 1. The van der Waals surface area contributed by atoms with E-state index in [-0.39, 0.29) is 16.3 Å². The lowest BCUT2D eigenvalue weighted by Crippen LogP contribution is -2.47. The van der Waals surface area contributed by atoms with Crippen LogP contribution < -0.4 is 10.6 Å². The molecule has 0 aliphatic heterocycles. The zero-order valence-electron chi connectivity index (χ0n) is 11.7. The Hall–Kier alpha value is -1.63. The molecule has 1 aromatic rings. The van der Waals surface area contributed by atoms with Gasteiger partial charge >= 0.3 is 5.97 Å². The molecule has 1 unspecified atom stereocenters. The van der Waals surface area contributed by atoms with Crippen molar-refractivity contribution >= 4 is 28.3 Å². The standard InChI is InChI=1S/C12H19N3O3S/c1-6-8(10(17)18)19-11(13-6)14-7(2)9(16)15-12(3,4)5/h7H,1-5H3,(H,13,14)(H,15,16)(H,17,18). The van der Waals surface area contributed by atoms with Crippen LogP contribution in [0.15, 0.2) is 0 Å². The second-order valence-electron chi connectivity index (χ2n) is 5.34. The molecule has 0 aromatic carbocycles. The normalized spacial score (nSPS) is 12.9. The molecule has 0 aliphatic rings. The number of rotatable bonds is 4. The molecule has 1 aromatic heterocycles. The molecule has 7 heteroatoms. The van der Waals surface area contributed by atoms with Crippen LogP contribution in [-0.4, -0.2) is 33.5 Å². The van der Waals surface area contributed by atoms with Gasteiger partial charge < -0.3 is 15.7 Å². The van der Waals surface area contributed by atoms with Gasteiger partial charge in [0.15, 0.2) is 5.13 Å². The van der Waals surface area contributed by atoms with Crippen molar-refractivity contribution in [2.75, 3.05) is 5.32 Å². The Morgan fingerprint density at radius 3 is 2.37 bits per heavy atom. The highest BCUT2D eigenvalue weighted by atomic mass is 32.1. The van der Waals surface area contributed by atoms with E-state index in [4.69, 9.17) is 5.11 Å². The van der Waals surface area contributed by atoms with Crippen LogP contribution in [0.25, 0.3) is 0 Å². The van der Waals surface area contributed by atoms with E-state index >= 15 is 0 Å². The summed E-state index contributed by atoms with van der Waals surface area (Å²) in [5.74, 6) is -1.16. The van der Waals surface area contributed by atoms with Crippen LogP contribution >= 0.6 is 11.3 Å². The van der Waals surface area contributed by atoms with Gasteiger partial charge in [-0.3, -0.25) is 4.79 Å². The van der Waals surface area contributed by atoms with E-state index in [1.807, 2.05) is 20.8 Å². The molecule has 0 saturated heterocycles. The first-order valence-electron chi connectivity index (χ1n) is 5.89. The summed E-state index contributed by atoms with van der Waals surface area (Å²) in [4.78, 5) is 27.1. The van der Waals surface area contributed by atoms with Gasteiger partial charge in [-0.05, 0) is 34.6 Å². The number of aryl methyl sites for hydroxylation is 1. The molecule has 0 bridgehead atoms.